The number of hydrogen-bond acceptors (Lipinski definition) is 2. The van der Waals surface area contributed by atoms with Gasteiger partial charge in [0.1, 0.15) is 0 Å². The van der Waals surface area contributed by atoms with E-state index < -0.39 is 11.4 Å². The third-order valence-electron chi connectivity index (χ3n) is 3.58. The van der Waals surface area contributed by atoms with Crippen molar-refractivity contribution in [3.63, 3.8) is 0 Å². The Balaban J connectivity index is 0.00000144. The lowest BCUT2D eigenvalue weighted by Crippen LogP contribution is -2.46. The molecule has 0 aliphatic carbocycles. The molecule has 94 valence electrons. The highest BCUT2D eigenvalue weighted by atomic mass is 35.5. The largest absolute Gasteiger partial charge is 0.481 e. The minimum atomic E-state index is -0.688. The SMILES string of the molecule is CN1CCC(C(=O)O)(c2ccccc2)CC1.Cl. The number of nitrogens with zero attached hydrogens (tertiary/aromatic N) is 1. The van der Waals surface area contributed by atoms with Gasteiger partial charge in [-0.25, -0.2) is 0 Å². The van der Waals surface area contributed by atoms with Crippen LogP contribution in [0.3, 0.4) is 0 Å². The maximum atomic E-state index is 11.6. The first-order valence-corrected chi connectivity index (χ1v) is 5.63. The monoisotopic (exact) mass is 255 g/mol. The van der Waals surface area contributed by atoms with E-state index in [1.807, 2.05) is 37.4 Å². The molecular formula is C13H18ClNO2. The van der Waals surface area contributed by atoms with Crippen molar-refractivity contribution in [2.45, 2.75) is 18.3 Å². The van der Waals surface area contributed by atoms with Crippen LogP contribution in [0.1, 0.15) is 18.4 Å². The van der Waals surface area contributed by atoms with Gasteiger partial charge in [-0.15, -0.1) is 12.4 Å². The van der Waals surface area contributed by atoms with E-state index in [-0.39, 0.29) is 12.4 Å². The molecule has 1 aromatic rings. The van der Waals surface area contributed by atoms with Gasteiger partial charge in [-0.1, -0.05) is 30.3 Å². The van der Waals surface area contributed by atoms with Crippen LogP contribution in [0.4, 0.5) is 0 Å². The van der Waals surface area contributed by atoms with Crippen LogP contribution < -0.4 is 0 Å². The van der Waals surface area contributed by atoms with Gasteiger partial charge in [0, 0.05) is 0 Å². The molecule has 1 aliphatic heterocycles. The second kappa shape index (κ2) is 5.52. The van der Waals surface area contributed by atoms with Gasteiger partial charge >= 0.3 is 5.97 Å². The summed E-state index contributed by atoms with van der Waals surface area (Å²) in [5.74, 6) is -0.688. The van der Waals surface area contributed by atoms with Crippen LogP contribution in [0.2, 0.25) is 0 Å². The Labute approximate surface area is 108 Å². The fourth-order valence-corrected chi connectivity index (χ4v) is 2.38. The lowest BCUT2D eigenvalue weighted by molar-refractivity contribution is -0.145. The van der Waals surface area contributed by atoms with E-state index >= 15 is 0 Å². The summed E-state index contributed by atoms with van der Waals surface area (Å²) < 4.78 is 0. The molecule has 1 aliphatic rings. The van der Waals surface area contributed by atoms with Crippen molar-refractivity contribution in [3.8, 4) is 0 Å². The van der Waals surface area contributed by atoms with Gasteiger partial charge in [0.05, 0.1) is 5.41 Å². The zero-order valence-electron chi connectivity index (χ0n) is 9.93. The highest BCUT2D eigenvalue weighted by molar-refractivity contribution is 5.85. The van der Waals surface area contributed by atoms with Crippen LogP contribution in [0.25, 0.3) is 0 Å². The second-order valence-electron chi connectivity index (χ2n) is 4.56. The molecule has 0 bridgehead atoms. The Morgan fingerprint density at radius 1 is 1.24 bits per heavy atom. The molecule has 1 saturated heterocycles. The molecule has 2 rings (SSSR count). The van der Waals surface area contributed by atoms with Crippen LogP contribution in [0.15, 0.2) is 30.3 Å². The van der Waals surface area contributed by atoms with Crippen molar-refractivity contribution < 1.29 is 9.90 Å². The van der Waals surface area contributed by atoms with Crippen molar-refractivity contribution in [1.82, 2.24) is 4.90 Å². The minimum absolute atomic E-state index is 0. The number of carboxylic acid groups (broad SMARTS) is 1. The molecule has 1 heterocycles. The van der Waals surface area contributed by atoms with Crippen molar-refractivity contribution in [3.05, 3.63) is 35.9 Å². The van der Waals surface area contributed by atoms with Crippen LogP contribution in [0, 0.1) is 0 Å². The summed E-state index contributed by atoms with van der Waals surface area (Å²) in [6, 6.07) is 9.61. The Kier molecular flexibility index (Phi) is 4.54. The molecule has 0 unspecified atom stereocenters. The highest BCUT2D eigenvalue weighted by Gasteiger charge is 2.42. The van der Waals surface area contributed by atoms with Crippen molar-refractivity contribution in [1.29, 1.82) is 0 Å². The van der Waals surface area contributed by atoms with E-state index in [1.54, 1.807) is 0 Å². The quantitative estimate of drug-likeness (QED) is 0.881. The normalized spacial score (nSPS) is 19.4. The molecule has 17 heavy (non-hydrogen) atoms. The van der Waals surface area contributed by atoms with Gasteiger partial charge in [0.15, 0.2) is 0 Å². The molecule has 0 saturated carbocycles. The predicted octanol–water partition coefficient (Wildman–Crippen LogP) is 2.16. The molecule has 0 spiro atoms. The summed E-state index contributed by atoms with van der Waals surface area (Å²) in [6.45, 7) is 1.70. The van der Waals surface area contributed by atoms with Gasteiger partial charge in [-0.05, 0) is 38.5 Å². The number of rotatable bonds is 2. The van der Waals surface area contributed by atoms with Crippen LogP contribution >= 0.6 is 12.4 Å². The minimum Gasteiger partial charge on any atom is -0.481 e. The average molecular weight is 256 g/mol. The lowest BCUT2D eigenvalue weighted by atomic mass is 9.73. The standard InChI is InChI=1S/C13H17NO2.ClH/c1-14-9-7-13(8-10-14,12(15)16)11-5-3-2-4-6-11;/h2-6H,7-10H2,1H3,(H,15,16);1H. The fourth-order valence-electron chi connectivity index (χ4n) is 2.38. The summed E-state index contributed by atoms with van der Waals surface area (Å²) >= 11 is 0. The van der Waals surface area contributed by atoms with E-state index in [0.29, 0.717) is 12.8 Å². The first-order chi connectivity index (χ1) is 7.65. The summed E-state index contributed by atoms with van der Waals surface area (Å²) in [5, 5.41) is 9.51. The van der Waals surface area contributed by atoms with Gasteiger partial charge in [0.2, 0.25) is 0 Å². The summed E-state index contributed by atoms with van der Waals surface area (Å²) in [6.07, 6.45) is 1.39. The number of piperidine rings is 1. The highest BCUT2D eigenvalue weighted by Crippen LogP contribution is 2.35. The molecule has 3 nitrogen and oxygen atoms in total. The Morgan fingerprint density at radius 3 is 2.24 bits per heavy atom. The van der Waals surface area contributed by atoms with Gasteiger partial charge in [0.25, 0.3) is 0 Å². The lowest BCUT2D eigenvalue weighted by Gasteiger charge is -2.37. The molecular weight excluding hydrogens is 238 g/mol. The summed E-state index contributed by atoms with van der Waals surface area (Å²) in [4.78, 5) is 13.7. The summed E-state index contributed by atoms with van der Waals surface area (Å²) in [7, 11) is 2.04. The predicted molar refractivity (Wildman–Crippen MR) is 69.7 cm³/mol. The first-order valence-electron chi connectivity index (χ1n) is 5.63. The van der Waals surface area contributed by atoms with Crippen LogP contribution in [-0.2, 0) is 10.2 Å². The molecule has 0 aromatic heterocycles. The van der Waals surface area contributed by atoms with E-state index in [0.717, 1.165) is 18.7 Å². The number of carboxylic acids is 1. The zero-order chi connectivity index (χ0) is 11.6. The average Bonchev–Trinajstić information content (AvgIpc) is 2.31. The molecule has 1 N–H and O–H groups in total. The van der Waals surface area contributed by atoms with E-state index in [4.69, 9.17) is 0 Å². The maximum Gasteiger partial charge on any atom is 0.314 e. The Bertz CT molecular complexity index is 372. The number of hydrogen-bond donors (Lipinski definition) is 1. The van der Waals surface area contributed by atoms with Crippen molar-refractivity contribution >= 4 is 18.4 Å². The number of carbonyl (C=O) groups is 1. The number of benzene rings is 1. The van der Waals surface area contributed by atoms with Gasteiger partial charge in [-0.3, -0.25) is 4.79 Å². The van der Waals surface area contributed by atoms with E-state index in [1.165, 1.54) is 0 Å². The Morgan fingerprint density at radius 2 is 1.76 bits per heavy atom. The van der Waals surface area contributed by atoms with Crippen molar-refractivity contribution in [2.24, 2.45) is 0 Å². The molecule has 0 atom stereocenters. The summed E-state index contributed by atoms with van der Waals surface area (Å²) in [5.41, 5.74) is 0.268. The van der Waals surface area contributed by atoms with Crippen LogP contribution in [0.5, 0.6) is 0 Å². The molecule has 1 aromatic carbocycles. The smallest absolute Gasteiger partial charge is 0.314 e. The molecule has 1 fully saturated rings. The first kappa shape index (κ1) is 14.0. The van der Waals surface area contributed by atoms with E-state index in [9.17, 15) is 9.90 Å². The van der Waals surface area contributed by atoms with E-state index in [2.05, 4.69) is 4.90 Å². The third kappa shape index (κ3) is 2.61. The second-order valence-corrected chi connectivity index (χ2v) is 4.56. The van der Waals surface area contributed by atoms with Crippen LogP contribution in [-0.4, -0.2) is 36.1 Å². The van der Waals surface area contributed by atoms with Gasteiger partial charge < -0.3 is 10.0 Å². The number of aliphatic carboxylic acids is 1. The maximum absolute atomic E-state index is 11.6. The molecule has 0 amide bonds. The fraction of sp³-hybridized carbons (Fsp3) is 0.462. The molecule has 4 heteroatoms. The number of halogens is 1. The van der Waals surface area contributed by atoms with Crippen molar-refractivity contribution in [2.75, 3.05) is 20.1 Å². The zero-order valence-corrected chi connectivity index (χ0v) is 10.7. The topological polar surface area (TPSA) is 40.5 Å². The molecule has 0 radical (unpaired) electrons. The number of likely N-dealkylation sites (tertiary alicyclic amines) is 1. The van der Waals surface area contributed by atoms with Gasteiger partial charge in [-0.2, -0.15) is 0 Å². The Hall–Kier alpha value is -1.06. The third-order valence-corrected chi connectivity index (χ3v) is 3.58.